The van der Waals surface area contributed by atoms with Gasteiger partial charge in [0.25, 0.3) is 0 Å². The molecule has 0 fully saturated rings. The first kappa shape index (κ1) is 81.3. The van der Waals surface area contributed by atoms with Crippen molar-refractivity contribution < 1.29 is 24.5 Å². The first-order valence-electron chi connectivity index (χ1n) is 38.1. The van der Waals surface area contributed by atoms with E-state index in [9.17, 15) is 19.8 Å². The predicted molar refractivity (Wildman–Crippen MR) is 366 cm³/mol. The number of hydrogen-bond donors (Lipinski definition) is 3. The lowest BCUT2D eigenvalue weighted by molar-refractivity contribution is -0.143. The van der Waals surface area contributed by atoms with E-state index in [1.807, 2.05) is 6.08 Å². The van der Waals surface area contributed by atoms with Crippen molar-refractivity contribution in [2.75, 3.05) is 13.2 Å². The number of carbonyl (C=O) groups excluding carboxylic acids is 2. The van der Waals surface area contributed by atoms with Crippen molar-refractivity contribution in [2.45, 2.75) is 443 Å². The third-order valence-corrected chi connectivity index (χ3v) is 18.0. The highest BCUT2D eigenvalue weighted by Gasteiger charge is 2.18. The van der Waals surface area contributed by atoms with Crippen LogP contribution in [0, 0.1) is 0 Å². The van der Waals surface area contributed by atoms with Crippen LogP contribution in [-0.4, -0.2) is 47.4 Å². The maximum absolute atomic E-state index is 12.5. The Bertz CT molecular complexity index is 1300. The molecule has 0 heterocycles. The van der Waals surface area contributed by atoms with E-state index in [0.29, 0.717) is 19.4 Å². The van der Waals surface area contributed by atoms with Crippen molar-refractivity contribution in [1.29, 1.82) is 0 Å². The zero-order valence-electron chi connectivity index (χ0n) is 56.5. The summed E-state index contributed by atoms with van der Waals surface area (Å²) in [4.78, 5) is 24.6. The number of unbranched alkanes of at least 4 members (excludes halogenated alkanes) is 59. The largest absolute Gasteiger partial charge is 0.466 e. The van der Waals surface area contributed by atoms with Gasteiger partial charge in [0.05, 0.1) is 25.4 Å². The number of rotatable bonds is 72. The minimum atomic E-state index is -0.839. The summed E-state index contributed by atoms with van der Waals surface area (Å²) in [5, 5.41) is 23.1. The van der Waals surface area contributed by atoms with Crippen molar-refractivity contribution in [3.05, 3.63) is 24.3 Å². The van der Waals surface area contributed by atoms with Crippen LogP contribution in [0.2, 0.25) is 0 Å². The molecule has 0 radical (unpaired) electrons. The van der Waals surface area contributed by atoms with Gasteiger partial charge in [-0.05, 0) is 57.8 Å². The molecule has 1 amide bonds. The van der Waals surface area contributed by atoms with E-state index in [2.05, 4.69) is 31.3 Å². The predicted octanol–water partition coefficient (Wildman–Crippen LogP) is 24.9. The van der Waals surface area contributed by atoms with Crippen molar-refractivity contribution in [3.63, 3.8) is 0 Å². The van der Waals surface area contributed by atoms with E-state index in [1.165, 1.54) is 366 Å². The lowest BCUT2D eigenvalue weighted by Crippen LogP contribution is -2.45. The lowest BCUT2D eigenvalue weighted by Gasteiger charge is -2.20. The summed E-state index contributed by atoms with van der Waals surface area (Å²) < 4.78 is 5.51. The molecule has 0 saturated carbocycles. The van der Waals surface area contributed by atoms with E-state index in [0.717, 1.165) is 38.5 Å². The number of nitrogens with one attached hydrogen (secondary N) is 1. The number of aliphatic hydroxyl groups excluding tert-OH is 2. The van der Waals surface area contributed by atoms with Gasteiger partial charge in [0.2, 0.25) is 5.91 Å². The Kier molecular flexibility index (Phi) is 71.4. The van der Waals surface area contributed by atoms with Gasteiger partial charge in [0.15, 0.2) is 0 Å². The summed E-state index contributed by atoms with van der Waals surface area (Å²) in [6.07, 6.45) is 93.1. The fraction of sp³-hybridized carbons (Fsp3) is 0.922. The minimum absolute atomic E-state index is 0.0206. The molecule has 83 heavy (non-hydrogen) atoms. The number of esters is 1. The van der Waals surface area contributed by atoms with Crippen LogP contribution in [0.5, 0.6) is 0 Å². The Labute approximate surface area is 520 Å². The fourth-order valence-electron chi connectivity index (χ4n) is 12.2. The summed E-state index contributed by atoms with van der Waals surface area (Å²) in [6.45, 7) is 4.93. The normalized spacial score (nSPS) is 12.6. The number of hydrogen-bond acceptors (Lipinski definition) is 5. The Balaban J connectivity index is 3.28. The molecule has 0 aromatic rings. The average Bonchev–Trinajstić information content (AvgIpc) is 3.49. The first-order chi connectivity index (χ1) is 41.0. The average molecular weight is 1170 g/mol. The zero-order chi connectivity index (χ0) is 59.9. The summed E-state index contributed by atoms with van der Waals surface area (Å²) in [7, 11) is 0. The molecule has 0 spiro atoms. The summed E-state index contributed by atoms with van der Waals surface area (Å²) >= 11 is 0. The fourth-order valence-corrected chi connectivity index (χ4v) is 12.2. The number of carbonyl (C=O) groups is 2. The molecular weight excluding hydrogens is 1020 g/mol. The number of ether oxygens (including phenoxy) is 1. The van der Waals surface area contributed by atoms with Gasteiger partial charge in [-0.2, -0.15) is 0 Å². The van der Waals surface area contributed by atoms with Gasteiger partial charge < -0.3 is 20.3 Å². The van der Waals surface area contributed by atoms with E-state index in [-0.39, 0.29) is 18.5 Å². The number of amides is 1. The Morgan fingerprint density at radius 1 is 0.325 bits per heavy atom. The maximum Gasteiger partial charge on any atom is 0.305 e. The van der Waals surface area contributed by atoms with Gasteiger partial charge in [-0.1, -0.05) is 385 Å². The van der Waals surface area contributed by atoms with Crippen LogP contribution in [0.25, 0.3) is 0 Å². The monoisotopic (exact) mass is 1170 g/mol. The Morgan fingerprint density at radius 2 is 0.566 bits per heavy atom. The van der Waals surface area contributed by atoms with Gasteiger partial charge in [-0.15, -0.1) is 0 Å². The number of allylic oxidation sites excluding steroid dienone is 3. The smallest absolute Gasteiger partial charge is 0.305 e. The summed E-state index contributed by atoms with van der Waals surface area (Å²) in [5.41, 5.74) is 0. The molecule has 492 valence electrons. The van der Waals surface area contributed by atoms with Crippen LogP contribution in [0.4, 0.5) is 0 Å². The second kappa shape index (κ2) is 72.8. The highest BCUT2D eigenvalue weighted by molar-refractivity contribution is 5.76. The third kappa shape index (κ3) is 69.3. The molecule has 6 heteroatoms. The van der Waals surface area contributed by atoms with Gasteiger partial charge in [-0.3, -0.25) is 9.59 Å². The summed E-state index contributed by atoms with van der Waals surface area (Å²) in [5.74, 6) is -0.0403. The van der Waals surface area contributed by atoms with E-state index in [4.69, 9.17) is 4.74 Å². The van der Waals surface area contributed by atoms with Crippen LogP contribution < -0.4 is 5.32 Å². The van der Waals surface area contributed by atoms with Crippen molar-refractivity contribution in [2.24, 2.45) is 0 Å². The van der Waals surface area contributed by atoms with Crippen molar-refractivity contribution in [3.8, 4) is 0 Å². The molecule has 3 N–H and O–H groups in total. The maximum atomic E-state index is 12.5. The SMILES string of the molecule is CCCCCCCC/C=C\CCCCCCCCCC(=O)OCCCCCCCCCCCCCCCCCCCCCCCCCCCCCCCCCCCCCCCC(=O)NC(CO)C(O)/C=C/CCCCCCCCCCCC. The topological polar surface area (TPSA) is 95.9 Å². The molecule has 0 saturated heterocycles. The van der Waals surface area contributed by atoms with Crippen molar-refractivity contribution in [1.82, 2.24) is 5.32 Å². The molecule has 0 aromatic heterocycles. The molecular formula is C77H149NO5. The van der Waals surface area contributed by atoms with Gasteiger partial charge in [0, 0.05) is 12.8 Å². The lowest BCUT2D eigenvalue weighted by atomic mass is 10.0. The minimum Gasteiger partial charge on any atom is -0.466 e. The van der Waals surface area contributed by atoms with Gasteiger partial charge in [-0.25, -0.2) is 0 Å². The second-order valence-electron chi connectivity index (χ2n) is 26.3. The van der Waals surface area contributed by atoms with Crippen LogP contribution in [0.15, 0.2) is 24.3 Å². The molecule has 0 aliphatic carbocycles. The molecule has 0 bridgehead atoms. The second-order valence-corrected chi connectivity index (χ2v) is 26.3. The first-order valence-corrected chi connectivity index (χ1v) is 38.1. The highest BCUT2D eigenvalue weighted by Crippen LogP contribution is 2.20. The van der Waals surface area contributed by atoms with Crippen LogP contribution >= 0.6 is 0 Å². The van der Waals surface area contributed by atoms with Crippen LogP contribution in [-0.2, 0) is 14.3 Å². The number of aliphatic hydroxyl groups is 2. The van der Waals surface area contributed by atoms with Crippen molar-refractivity contribution >= 4 is 11.9 Å². The van der Waals surface area contributed by atoms with Crippen LogP contribution in [0.3, 0.4) is 0 Å². The highest BCUT2D eigenvalue weighted by atomic mass is 16.5. The van der Waals surface area contributed by atoms with Gasteiger partial charge in [0.1, 0.15) is 0 Å². The molecule has 2 unspecified atom stereocenters. The molecule has 0 rings (SSSR count). The third-order valence-electron chi connectivity index (χ3n) is 18.0. The standard InChI is InChI=1S/C77H149NO5/c1-3-5-7-9-11-13-15-17-18-40-44-47-51-55-59-63-67-71-77(82)83-72-68-64-60-56-52-48-45-42-39-37-35-33-31-29-27-25-23-21-19-20-22-24-26-28-30-32-34-36-38-41-43-46-50-54-58-62-66-70-76(81)78-74(73-79)75(80)69-65-61-57-53-49-16-14-12-10-8-6-4-2/h17-18,65,69,74-75,79-80H,3-16,19-64,66-68,70-73H2,1-2H3,(H,78,81)/b18-17-,69-65+. The zero-order valence-corrected chi connectivity index (χ0v) is 56.5. The molecule has 2 atom stereocenters. The molecule has 0 aromatic carbocycles. The summed E-state index contributed by atoms with van der Waals surface area (Å²) in [6, 6.07) is -0.622. The quantitative estimate of drug-likeness (QED) is 0.0320. The van der Waals surface area contributed by atoms with E-state index in [1.54, 1.807) is 6.08 Å². The molecule has 0 aliphatic rings. The van der Waals surface area contributed by atoms with Gasteiger partial charge >= 0.3 is 5.97 Å². The van der Waals surface area contributed by atoms with Crippen LogP contribution in [0.1, 0.15) is 431 Å². The van der Waals surface area contributed by atoms with E-state index < -0.39 is 12.1 Å². The molecule has 6 nitrogen and oxygen atoms in total. The molecule has 0 aliphatic heterocycles. The Morgan fingerprint density at radius 3 is 0.855 bits per heavy atom. The van der Waals surface area contributed by atoms with E-state index >= 15 is 0 Å². The Hall–Kier alpha value is -1.66.